The summed E-state index contributed by atoms with van der Waals surface area (Å²) in [6, 6.07) is 2.18. The third-order valence-electron chi connectivity index (χ3n) is 2.76. The van der Waals surface area contributed by atoms with Crippen molar-refractivity contribution in [3.8, 4) is 11.4 Å². The van der Waals surface area contributed by atoms with E-state index in [-0.39, 0.29) is 22.4 Å². The number of nitrogens with one attached hydrogen (secondary N) is 1. The molecule has 2 aromatic rings. The molecule has 0 fully saturated rings. The summed E-state index contributed by atoms with van der Waals surface area (Å²) in [5, 5.41) is 12.1. The number of nitrogens with zero attached hydrogens (tertiary/aromatic N) is 2. The van der Waals surface area contributed by atoms with Crippen LogP contribution in [0.3, 0.4) is 0 Å². The molecule has 0 bridgehead atoms. The fraction of sp³-hybridized carbons (Fsp3) is 0.308. The third-order valence-corrected chi connectivity index (χ3v) is 3.40. The molecule has 0 aliphatic heterocycles. The molecule has 1 heterocycles. The van der Waals surface area contributed by atoms with Crippen LogP contribution in [0.1, 0.15) is 13.8 Å². The lowest BCUT2D eigenvalue weighted by molar-refractivity contribution is -0.138. The number of carboxylic acids is 1. The molecule has 8 heteroatoms. The Morgan fingerprint density at radius 3 is 2.43 bits per heavy atom. The summed E-state index contributed by atoms with van der Waals surface area (Å²) < 4.78 is 30.3. The zero-order valence-electron chi connectivity index (χ0n) is 11.3. The van der Waals surface area contributed by atoms with Crippen molar-refractivity contribution in [2.75, 3.05) is 5.32 Å². The number of aromatic nitrogens is 2. The SMILES string of the molecule is CC(C)[C@H](Nc1nc(-c2cc(F)cc(F)c2)ns1)C(=O)O. The molecule has 112 valence electrons. The second kappa shape index (κ2) is 6.13. The first-order valence-electron chi connectivity index (χ1n) is 6.16. The summed E-state index contributed by atoms with van der Waals surface area (Å²) >= 11 is 0.939. The molecular weight excluding hydrogens is 300 g/mol. The van der Waals surface area contributed by atoms with E-state index < -0.39 is 23.6 Å². The lowest BCUT2D eigenvalue weighted by Gasteiger charge is -2.16. The highest BCUT2D eigenvalue weighted by molar-refractivity contribution is 7.09. The lowest BCUT2D eigenvalue weighted by Crippen LogP contribution is -2.34. The highest BCUT2D eigenvalue weighted by Crippen LogP contribution is 2.24. The molecule has 1 aromatic heterocycles. The highest BCUT2D eigenvalue weighted by atomic mass is 32.1. The van der Waals surface area contributed by atoms with Crippen LogP contribution in [0.15, 0.2) is 18.2 Å². The average Bonchev–Trinajstić information content (AvgIpc) is 2.82. The van der Waals surface area contributed by atoms with Crippen molar-refractivity contribution in [2.45, 2.75) is 19.9 Å². The second-order valence-corrected chi connectivity index (χ2v) is 5.54. The van der Waals surface area contributed by atoms with Gasteiger partial charge in [-0.3, -0.25) is 0 Å². The zero-order chi connectivity index (χ0) is 15.6. The molecule has 21 heavy (non-hydrogen) atoms. The summed E-state index contributed by atoms with van der Waals surface area (Å²) in [6.45, 7) is 3.52. The van der Waals surface area contributed by atoms with Gasteiger partial charge in [0.1, 0.15) is 17.7 Å². The Morgan fingerprint density at radius 1 is 1.29 bits per heavy atom. The van der Waals surface area contributed by atoms with Gasteiger partial charge in [0, 0.05) is 23.2 Å². The maximum atomic E-state index is 13.2. The minimum Gasteiger partial charge on any atom is -0.480 e. The van der Waals surface area contributed by atoms with E-state index in [1.807, 2.05) is 0 Å². The number of hydrogen-bond donors (Lipinski definition) is 2. The molecular formula is C13H13F2N3O2S. The van der Waals surface area contributed by atoms with Gasteiger partial charge in [-0.25, -0.2) is 13.6 Å². The summed E-state index contributed by atoms with van der Waals surface area (Å²) in [5.74, 6) is -2.45. The molecule has 0 aliphatic rings. The largest absolute Gasteiger partial charge is 0.480 e. The van der Waals surface area contributed by atoms with Gasteiger partial charge >= 0.3 is 5.97 Å². The minimum absolute atomic E-state index is 0.147. The standard InChI is InChI=1S/C13H13F2N3O2S/c1-6(2)10(12(19)20)16-13-17-11(18-21-13)7-3-8(14)5-9(15)4-7/h3-6,10H,1-2H3,(H,19,20)(H,16,17,18)/t10-/m0/s1. The molecule has 0 spiro atoms. The summed E-state index contributed by atoms with van der Waals surface area (Å²) in [6.07, 6.45) is 0. The van der Waals surface area contributed by atoms with Crippen LogP contribution in [-0.4, -0.2) is 26.5 Å². The van der Waals surface area contributed by atoms with Crippen molar-refractivity contribution in [1.29, 1.82) is 0 Å². The molecule has 0 radical (unpaired) electrons. The number of carbonyl (C=O) groups is 1. The topological polar surface area (TPSA) is 75.1 Å². The molecule has 0 aliphatic carbocycles. The monoisotopic (exact) mass is 313 g/mol. The molecule has 0 unspecified atom stereocenters. The lowest BCUT2D eigenvalue weighted by atomic mass is 10.1. The van der Waals surface area contributed by atoms with Gasteiger partial charge in [0.25, 0.3) is 0 Å². The van der Waals surface area contributed by atoms with E-state index >= 15 is 0 Å². The summed E-state index contributed by atoms with van der Waals surface area (Å²) in [4.78, 5) is 15.2. The van der Waals surface area contributed by atoms with Crippen molar-refractivity contribution < 1.29 is 18.7 Å². The van der Waals surface area contributed by atoms with E-state index in [4.69, 9.17) is 5.11 Å². The predicted octanol–water partition coefficient (Wildman–Crippen LogP) is 3.00. The Bertz CT molecular complexity index is 640. The van der Waals surface area contributed by atoms with Gasteiger partial charge in [-0.2, -0.15) is 9.36 Å². The van der Waals surface area contributed by atoms with Crippen LogP contribution in [0.25, 0.3) is 11.4 Å². The predicted molar refractivity (Wildman–Crippen MR) is 75.1 cm³/mol. The highest BCUT2D eigenvalue weighted by Gasteiger charge is 2.22. The van der Waals surface area contributed by atoms with Crippen LogP contribution in [0.5, 0.6) is 0 Å². The van der Waals surface area contributed by atoms with Crippen molar-refractivity contribution in [3.63, 3.8) is 0 Å². The number of benzene rings is 1. The second-order valence-electron chi connectivity index (χ2n) is 4.79. The van der Waals surface area contributed by atoms with E-state index in [0.29, 0.717) is 0 Å². The van der Waals surface area contributed by atoms with Crippen LogP contribution >= 0.6 is 11.5 Å². The van der Waals surface area contributed by atoms with Crippen molar-refractivity contribution in [3.05, 3.63) is 29.8 Å². The van der Waals surface area contributed by atoms with Gasteiger partial charge in [-0.1, -0.05) is 13.8 Å². The van der Waals surface area contributed by atoms with Gasteiger partial charge in [-0.15, -0.1) is 0 Å². The Morgan fingerprint density at radius 2 is 1.90 bits per heavy atom. The molecule has 0 saturated carbocycles. The van der Waals surface area contributed by atoms with Gasteiger partial charge in [-0.05, 0) is 18.1 Å². The molecule has 1 aromatic carbocycles. The first kappa shape index (κ1) is 15.3. The third kappa shape index (κ3) is 3.72. The van der Waals surface area contributed by atoms with E-state index in [9.17, 15) is 13.6 Å². The van der Waals surface area contributed by atoms with Crippen molar-refractivity contribution >= 4 is 22.6 Å². The quantitative estimate of drug-likeness (QED) is 0.887. The normalized spacial score (nSPS) is 12.4. The zero-order valence-corrected chi connectivity index (χ0v) is 12.1. The van der Waals surface area contributed by atoms with Crippen molar-refractivity contribution in [2.24, 2.45) is 5.92 Å². The Balaban J connectivity index is 2.23. The Hall–Kier alpha value is -2.09. The molecule has 1 atom stereocenters. The Labute approximate surface area is 123 Å². The van der Waals surface area contributed by atoms with Crippen molar-refractivity contribution in [1.82, 2.24) is 9.36 Å². The maximum Gasteiger partial charge on any atom is 0.326 e. The molecule has 0 saturated heterocycles. The van der Waals surface area contributed by atoms with Crippen LogP contribution in [0.4, 0.5) is 13.9 Å². The van der Waals surface area contributed by atoms with Gasteiger partial charge in [0.2, 0.25) is 5.13 Å². The summed E-state index contributed by atoms with van der Waals surface area (Å²) in [7, 11) is 0. The number of rotatable bonds is 5. The molecule has 2 rings (SSSR count). The van der Waals surface area contributed by atoms with E-state index in [0.717, 1.165) is 29.7 Å². The smallest absolute Gasteiger partial charge is 0.326 e. The number of anilines is 1. The van der Waals surface area contributed by atoms with Gasteiger partial charge in [0.15, 0.2) is 5.82 Å². The van der Waals surface area contributed by atoms with Crippen LogP contribution in [0.2, 0.25) is 0 Å². The number of hydrogen-bond acceptors (Lipinski definition) is 5. The van der Waals surface area contributed by atoms with Crippen LogP contribution in [0, 0.1) is 17.6 Å². The van der Waals surface area contributed by atoms with E-state index in [2.05, 4.69) is 14.7 Å². The van der Waals surface area contributed by atoms with E-state index in [1.54, 1.807) is 13.8 Å². The molecule has 5 nitrogen and oxygen atoms in total. The fourth-order valence-electron chi connectivity index (χ4n) is 1.73. The molecule has 0 amide bonds. The fourth-order valence-corrected chi connectivity index (χ4v) is 2.36. The average molecular weight is 313 g/mol. The summed E-state index contributed by atoms with van der Waals surface area (Å²) in [5.41, 5.74) is 0.202. The Kier molecular flexibility index (Phi) is 4.46. The number of aliphatic carboxylic acids is 1. The number of halogens is 2. The number of carboxylic acid groups (broad SMARTS) is 1. The van der Waals surface area contributed by atoms with E-state index in [1.165, 1.54) is 0 Å². The first-order valence-corrected chi connectivity index (χ1v) is 6.93. The first-order chi connectivity index (χ1) is 9.86. The maximum absolute atomic E-state index is 13.2. The molecule has 2 N–H and O–H groups in total. The minimum atomic E-state index is -1.00. The van der Waals surface area contributed by atoms with Gasteiger partial charge in [0.05, 0.1) is 0 Å². The van der Waals surface area contributed by atoms with Gasteiger partial charge < -0.3 is 10.4 Å². The van der Waals surface area contributed by atoms with Crippen LogP contribution < -0.4 is 5.32 Å². The van der Waals surface area contributed by atoms with Crippen LogP contribution in [-0.2, 0) is 4.79 Å².